The van der Waals surface area contributed by atoms with Crippen LogP contribution in [0, 0.1) is 12.8 Å². The minimum absolute atomic E-state index is 0.0344. The number of piperidine rings is 1. The number of aliphatic hydroxyl groups is 1. The summed E-state index contributed by atoms with van der Waals surface area (Å²) >= 11 is 0. The van der Waals surface area contributed by atoms with Gasteiger partial charge in [0.1, 0.15) is 0 Å². The number of benzene rings is 1. The molecule has 1 aromatic carbocycles. The molecule has 0 spiro atoms. The molecule has 0 radical (unpaired) electrons. The van der Waals surface area contributed by atoms with E-state index < -0.39 is 0 Å². The van der Waals surface area contributed by atoms with Crippen molar-refractivity contribution < 1.29 is 9.90 Å². The molecular formula is C16H25N3O2. The molecule has 4 N–H and O–H groups in total. The molecule has 2 rings (SSSR count). The largest absolute Gasteiger partial charge is 0.399 e. The molecule has 1 saturated heterocycles. The third-order valence-corrected chi connectivity index (χ3v) is 4.14. The Morgan fingerprint density at radius 3 is 2.76 bits per heavy atom. The molecule has 5 nitrogen and oxygen atoms in total. The Morgan fingerprint density at radius 1 is 1.43 bits per heavy atom. The van der Waals surface area contributed by atoms with E-state index in [1.165, 1.54) is 0 Å². The number of nitrogens with one attached hydrogen (secondary N) is 1. The first kappa shape index (κ1) is 15.8. The summed E-state index contributed by atoms with van der Waals surface area (Å²) in [7, 11) is 0. The maximum Gasteiger partial charge on any atom is 0.225 e. The van der Waals surface area contributed by atoms with Gasteiger partial charge in [-0.1, -0.05) is 0 Å². The predicted octanol–water partition coefficient (Wildman–Crippen LogP) is 1.61. The van der Waals surface area contributed by atoms with Crippen LogP contribution in [0.1, 0.15) is 24.8 Å². The molecule has 1 heterocycles. The summed E-state index contributed by atoms with van der Waals surface area (Å²) in [6, 6.07) is 5.49. The molecule has 0 bridgehead atoms. The summed E-state index contributed by atoms with van der Waals surface area (Å²) in [5.74, 6) is 0.472. The molecule has 0 unspecified atom stereocenters. The summed E-state index contributed by atoms with van der Waals surface area (Å²) in [5, 5.41) is 12.0. The number of amides is 1. The second kappa shape index (κ2) is 7.43. The van der Waals surface area contributed by atoms with Crippen molar-refractivity contribution in [1.29, 1.82) is 0 Å². The van der Waals surface area contributed by atoms with Crippen molar-refractivity contribution in [3.63, 3.8) is 0 Å². The monoisotopic (exact) mass is 291 g/mol. The molecule has 0 aromatic heterocycles. The van der Waals surface area contributed by atoms with Gasteiger partial charge in [0.25, 0.3) is 0 Å². The second-order valence-corrected chi connectivity index (χ2v) is 5.84. The van der Waals surface area contributed by atoms with E-state index >= 15 is 0 Å². The number of rotatable bonds is 5. The van der Waals surface area contributed by atoms with E-state index in [0.29, 0.717) is 18.0 Å². The van der Waals surface area contributed by atoms with Crippen LogP contribution in [0.4, 0.5) is 11.4 Å². The Balaban J connectivity index is 1.75. The van der Waals surface area contributed by atoms with Crippen LogP contribution in [0.3, 0.4) is 0 Å². The summed E-state index contributed by atoms with van der Waals surface area (Å²) in [6.45, 7) is 4.94. The highest BCUT2D eigenvalue weighted by Crippen LogP contribution is 2.19. The maximum absolute atomic E-state index is 12.0. The molecule has 0 aliphatic carbocycles. The van der Waals surface area contributed by atoms with Crippen molar-refractivity contribution in [3.8, 4) is 0 Å². The lowest BCUT2D eigenvalue weighted by atomic mass is 9.98. The first-order chi connectivity index (χ1) is 10.1. The standard InChI is InChI=1S/C16H25N3O2/c1-12-10-14(17)2-3-15(12)18-16(21)6-9-19-7-4-13(11-20)5-8-19/h2-3,10,13,20H,4-9,11,17H2,1H3,(H,18,21). The van der Waals surface area contributed by atoms with Crippen molar-refractivity contribution in [2.45, 2.75) is 26.2 Å². The van der Waals surface area contributed by atoms with E-state index in [-0.39, 0.29) is 12.5 Å². The normalized spacial score (nSPS) is 16.9. The van der Waals surface area contributed by atoms with Crippen molar-refractivity contribution in [2.24, 2.45) is 5.92 Å². The fourth-order valence-corrected chi connectivity index (χ4v) is 2.69. The third-order valence-electron chi connectivity index (χ3n) is 4.14. The first-order valence-corrected chi connectivity index (χ1v) is 7.57. The van der Waals surface area contributed by atoms with Gasteiger partial charge in [0.05, 0.1) is 0 Å². The maximum atomic E-state index is 12.0. The molecule has 1 aliphatic heterocycles. The van der Waals surface area contributed by atoms with Gasteiger partial charge in [-0.2, -0.15) is 0 Å². The molecule has 1 fully saturated rings. The van der Waals surface area contributed by atoms with Gasteiger partial charge in [0.15, 0.2) is 0 Å². The van der Waals surface area contributed by atoms with Crippen molar-refractivity contribution >= 4 is 17.3 Å². The summed E-state index contributed by atoms with van der Waals surface area (Å²) in [5.41, 5.74) is 8.21. The highest BCUT2D eigenvalue weighted by molar-refractivity contribution is 5.91. The molecular weight excluding hydrogens is 266 g/mol. The van der Waals surface area contributed by atoms with Gasteiger partial charge in [-0.25, -0.2) is 0 Å². The van der Waals surface area contributed by atoms with E-state index in [1.54, 1.807) is 6.07 Å². The number of carbonyl (C=O) groups excluding carboxylic acids is 1. The Kier molecular flexibility index (Phi) is 5.59. The summed E-state index contributed by atoms with van der Waals surface area (Å²) in [6.07, 6.45) is 2.54. The Morgan fingerprint density at radius 2 is 2.14 bits per heavy atom. The van der Waals surface area contributed by atoms with Crippen LogP contribution in [-0.4, -0.2) is 42.2 Å². The fraction of sp³-hybridized carbons (Fsp3) is 0.562. The van der Waals surface area contributed by atoms with E-state index in [0.717, 1.165) is 43.7 Å². The molecule has 1 amide bonds. The van der Waals surface area contributed by atoms with Crippen LogP contribution >= 0.6 is 0 Å². The van der Waals surface area contributed by atoms with Gasteiger partial charge < -0.3 is 21.1 Å². The highest BCUT2D eigenvalue weighted by Gasteiger charge is 2.18. The van der Waals surface area contributed by atoms with Crippen LogP contribution in [-0.2, 0) is 4.79 Å². The van der Waals surface area contributed by atoms with Gasteiger partial charge in [0, 0.05) is 30.9 Å². The van der Waals surface area contributed by atoms with Crippen LogP contribution < -0.4 is 11.1 Å². The zero-order valence-electron chi connectivity index (χ0n) is 12.6. The molecule has 1 aliphatic rings. The molecule has 21 heavy (non-hydrogen) atoms. The lowest BCUT2D eigenvalue weighted by molar-refractivity contribution is -0.116. The number of nitrogens with two attached hydrogens (primary N) is 1. The minimum atomic E-state index is 0.0344. The smallest absolute Gasteiger partial charge is 0.225 e. The topological polar surface area (TPSA) is 78.6 Å². The molecule has 116 valence electrons. The van der Waals surface area contributed by atoms with Crippen LogP contribution in [0.5, 0.6) is 0 Å². The summed E-state index contributed by atoms with van der Waals surface area (Å²) < 4.78 is 0. The van der Waals surface area contributed by atoms with E-state index in [4.69, 9.17) is 10.8 Å². The number of carbonyl (C=O) groups is 1. The van der Waals surface area contributed by atoms with Crippen molar-refractivity contribution in [1.82, 2.24) is 4.90 Å². The molecule has 0 saturated carbocycles. The first-order valence-electron chi connectivity index (χ1n) is 7.57. The third kappa shape index (κ3) is 4.72. The number of aliphatic hydroxyl groups excluding tert-OH is 1. The zero-order valence-corrected chi connectivity index (χ0v) is 12.6. The van der Waals surface area contributed by atoms with E-state index in [2.05, 4.69) is 10.2 Å². The Bertz CT molecular complexity index is 482. The van der Waals surface area contributed by atoms with E-state index in [9.17, 15) is 4.79 Å². The molecule has 5 heteroatoms. The average Bonchev–Trinajstić information content (AvgIpc) is 2.48. The number of aryl methyl sites for hydroxylation is 1. The highest BCUT2D eigenvalue weighted by atomic mass is 16.3. The Labute approximate surface area is 126 Å². The zero-order chi connectivity index (χ0) is 15.2. The average molecular weight is 291 g/mol. The SMILES string of the molecule is Cc1cc(N)ccc1NC(=O)CCN1CCC(CO)CC1. The van der Waals surface area contributed by atoms with Crippen LogP contribution in [0.15, 0.2) is 18.2 Å². The minimum Gasteiger partial charge on any atom is -0.399 e. The Hall–Kier alpha value is -1.59. The number of nitrogens with zero attached hydrogens (tertiary/aromatic N) is 1. The van der Waals surface area contributed by atoms with Crippen LogP contribution in [0.2, 0.25) is 0 Å². The lowest BCUT2D eigenvalue weighted by Gasteiger charge is -2.30. The van der Waals surface area contributed by atoms with Crippen molar-refractivity contribution in [2.75, 3.05) is 37.3 Å². The second-order valence-electron chi connectivity index (χ2n) is 5.84. The number of nitrogen functional groups attached to an aromatic ring is 1. The number of hydrogen-bond acceptors (Lipinski definition) is 4. The van der Waals surface area contributed by atoms with Crippen LogP contribution in [0.25, 0.3) is 0 Å². The van der Waals surface area contributed by atoms with Crippen molar-refractivity contribution in [3.05, 3.63) is 23.8 Å². The summed E-state index contributed by atoms with van der Waals surface area (Å²) in [4.78, 5) is 14.3. The fourth-order valence-electron chi connectivity index (χ4n) is 2.69. The number of anilines is 2. The van der Waals surface area contributed by atoms with Gasteiger partial charge in [-0.05, 0) is 62.5 Å². The predicted molar refractivity (Wildman–Crippen MR) is 85.1 cm³/mol. The van der Waals surface area contributed by atoms with Gasteiger partial charge in [0.2, 0.25) is 5.91 Å². The number of hydrogen-bond donors (Lipinski definition) is 3. The molecule has 0 atom stereocenters. The number of likely N-dealkylation sites (tertiary alicyclic amines) is 1. The van der Waals surface area contributed by atoms with Gasteiger partial charge >= 0.3 is 0 Å². The van der Waals surface area contributed by atoms with Gasteiger partial charge in [-0.3, -0.25) is 4.79 Å². The van der Waals surface area contributed by atoms with Gasteiger partial charge in [-0.15, -0.1) is 0 Å². The molecule has 1 aromatic rings. The van der Waals surface area contributed by atoms with E-state index in [1.807, 2.05) is 19.1 Å². The lowest BCUT2D eigenvalue weighted by Crippen LogP contribution is -2.36. The quantitative estimate of drug-likeness (QED) is 0.720.